The number of H-pyrrole nitrogens is 1. The average Bonchev–Trinajstić information content (AvgIpc) is 2.34. The van der Waals surface area contributed by atoms with Crippen LogP contribution >= 0.6 is 0 Å². The Hall–Kier alpha value is -1.65. The predicted molar refractivity (Wildman–Crippen MR) is 34.8 cm³/mol. The van der Waals surface area contributed by atoms with Gasteiger partial charge in [0.25, 0.3) is 5.91 Å². The molecule has 5 heteroatoms. The minimum Gasteiger partial charge on any atom is -0.347 e. The number of imidazole rings is 1. The van der Waals surface area contributed by atoms with E-state index in [1.165, 1.54) is 6.33 Å². The first kappa shape index (κ1) is 6.09. The van der Waals surface area contributed by atoms with Crippen LogP contribution < -0.4 is 5.32 Å². The van der Waals surface area contributed by atoms with Crippen LogP contribution in [0.15, 0.2) is 6.33 Å². The van der Waals surface area contributed by atoms with Gasteiger partial charge >= 0.3 is 0 Å². The lowest BCUT2D eigenvalue weighted by Crippen LogP contribution is -2.37. The highest BCUT2D eigenvalue weighted by Gasteiger charge is 2.23. The van der Waals surface area contributed by atoms with E-state index in [4.69, 9.17) is 0 Å². The van der Waals surface area contributed by atoms with E-state index in [0.29, 0.717) is 11.4 Å². The third kappa shape index (κ3) is 0.813. The first-order valence-corrected chi connectivity index (χ1v) is 3.14. The molecule has 0 atom stereocenters. The monoisotopic (exact) mass is 151 g/mol. The van der Waals surface area contributed by atoms with Gasteiger partial charge in [0.2, 0.25) is 5.91 Å². The molecule has 0 radical (unpaired) electrons. The van der Waals surface area contributed by atoms with Crippen LogP contribution in [0.2, 0.25) is 0 Å². The van der Waals surface area contributed by atoms with Crippen molar-refractivity contribution in [3.8, 4) is 0 Å². The van der Waals surface area contributed by atoms with Crippen molar-refractivity contribution in [2.45, 2.75) is 6.42 Å². The van der Waals surface area contributed by atoms with E-state index in [1.54, 1.807) is 0 Å². The molecule has 1 aliphatic rings. The van der Waals surface area contributed by atoms with Gasteiger partial charge in [-0.2, -0.15) is 0 Å². The number of amides is 2. The summed E-state index contributed by atoms with van der Waals surface area (Å²) >= 11 is 0. The number of hydrogen-bond acceptors (Lipinski definition) is 3. The van der Waals surface area contributed by atoms with Crippen LogP contribution in [0, 0.1) is 0 Å². The smallest absolute Gasteiger partial charge is 0.278 e. The zero-order chi connectivity index (χ0) is 7.84. The van der Waals surface area contributed by atoms with Gasteiger partial charge in [-0.3, -0.25) is 14.9 Å². The molecular weight excluding hydrogens is 146 g/mol. The quantitative estimate of drug-likeness (QED) is 0.478. The highest BCUT2D eigenvalue weighted by Crippen LogP contribution is 2.07. The van der Waals surface area contributed by atoms with Gasteiger partial charge in [-0.1, -0.05) is 0 Å². The molecule has 5 nitrogen and oxygen atoms in total. The average molecular weight is 151 g/mol. The van der Waals surface area contributed by atoms with E-state index in [2.05, 4.69) is 15.3 Å². The van der Waals surface area contributed by atoms with E-state index in [1.807, 2.05) is 0 Å². The second-order valence-electron chi connectivity index (χ2n) is 2.28. The summed E-state index contributed by atoms with van der Waals surface area (Å²) in [5.74, 6) is -0.704. The maximum absolute atomic E-state index is 10.9. The number of carbonyl (C=O) groups is 2. The fourth-order valence-corrected chi connectivity index (χ4v) is 1.04. The van der Waals surface area contributed by atoms with E-state index >= 15 is 0 Å². The minimum absolute atomic E-state index is 0.209. The minimum atomic E-state index is -0.419. The molecular formula is C6H5N3O2. The fourth-order valence-electron chi connectivity index (χ4n) is 1.04. The Labute approximate surface area is 61.8 Å². The number of carbonyl (C=O) groups excluding carboxylic acids is 2. The van der Waals surface area contributed by atoms with Gasteiger partial charge in [0.1, 0.15) is 5.69 Å². The van der Waals surface area contributed by atoms with Gasteiger partial charge in [-0.25, -0.2) is 4.98 Å². The summed E-state index contributed by atoms with van der Waals surface area (Å²) in [6.45, 7) is 0. The van der Waals surface area contributed by atoms with Crippen molar-refractivity contribution in [1.29, 1.82) is 0 Å². The molecule has 0 saturated carbocycles. The van der Waals surface area contributed by atoms with Crippen molar-refractivity contribution in [2.24, 2.45) is 0 Å². The number of rotatable bonds is 0. The third-order valence-electron chi connectivity index (χ3n) is 1.52. The maximum atomic E-state index is 10.9. The number of aromatic amines is 1. The molecule has 0 spiro atoms. The largest absolute Gasteiger partial charge is 0.347 e. The molecule has 0 aromatic carbocycles. The molecule has 2 N–H and O–H groups in total. The SMILES string of the molecule is O=C1Cc2[nH]cnc2C(=O)N1. The first-order chi connectivity index (χ1) is 5.27. The lowest BCUT2D eigenvalue weighted by atomic mass is 10.2. The molecule has 0 fully saturated rings. The summed E-state index contributed by atoms with van der Waals surface area (Å²) in [5.41, 5.74) is 0.920. The topological polar surface area (TPSA) is 74.8 Å². The van der Waals surface area contributed by atoms with E-state index < -0.39 is 5.91 Å². The number of fused-ring (bicyclic) bond motifs is 1. The van der Waals surface area contributed by atoms with Crippen LogP contribution in [0.1, 0.15) is 16.2 Å². The molecule has 0 aliphatic carbocycles. The van der Waals surface area contributed by atoms with Gasteiger partial charge in [0, 0.05) is 0 Å². The summed E-state index contributed by atoms with van der Waals surface area (Å²) in [5, 5.41) is 2.16. The number of nitrogens with zero attached hydrogens (tertiary/aromatic N) is 1. The summed E-state index contributed by atoms with van der Waals surface area (Å²) in [7, 11) is 0. The summed E-state index contributed by atoms with van der Waals surface area (Å²) in [6, 6.07) is 0. The van der Waals surface area contributed by atoms with Crippen molar-refractivity contribution in [2.75, 3.05) is 0 Å². The molecule has 0 unspecified atom stereocenters. The van der Waals surface area contributed by atoms with Crippen LogP contribution in [-0.2, 0) is 11.2 Å². The summed E-state index contributed by atoms with van der Waals surface area (Å²) < 4.78 is 0. The number of hydrogen-bond donors (Lipinski definition) is 2. The Morgan fingerprint density at radius 1 is 1.45 bits per heavy atom. The van der Waals surface area contributed by atoms with Crippen LogP contribution in [0.5, 0.6) is 0 Å². The zero-order valence-electron chi connectivity index (χ0n) is 5.55. The molecule has 56 valence electrons. The van der Waals surface area contributed by atoms with Crippen LogP contribution in [0.4, 0.5) is 0 Å². The van der Waals surface area contributed by atoms with Crippen molar-refractivity contribution in [3.05, 3.63) is 17.7 Å². The van der Waals surface area contributed by atoms with Crippen LogP contribution in [0.3, 0.4) is 0 Å². The molecule has 0 saturated heterocycles. The normalized spacial score (nSPS) is 16.0. The Morgan fingerprint density at radius 3 is 3.09 bits per heavy atom. The van der Waals surface area contributed by atoms with Gasteiger partial charge in [0.05, 0.1) is 18.4 Å². The number of imide groups is 1. The van der Waals surface area contributed by atoms with Crippen LogP contribution in [-0.4, -0.2) is 21.8 Å². The zero-order valence-corrected chi connectivity index (χ0v) is 5.55. The predicted octanol–water partition coefficient (Wildman–Crippen LogP) is -0.778. The lowest BCUT2D eigenvalue weighted by Gasteiger charge is -2.08. The highest BCUT2D eigenvalue weighted by atomic mass is 16.2. The molecule has 2 rings (SSSR count). The Bertz CT molecular complexity index is 328. The second kappa shape index (κ2) is 1.91. The van der Waals surface area contributed by atoms with Crippen molar-refractivity contribution >= 4 is 11.8 Å². The van der Waals surface area contributed by atoms with Gasteiger partial charge in [0.15, 0.2) is 0 Å². The third-order valence-corrected chi connectivity index (χ3v) is 1.52. The second-order valence-corrected chi connectivity index (χ2v) is 2.28. The van der Waals surface area contributed by atoms with Gasteiger partial charge in [-0.15, -0.1) is 0 Å². The molecule has 1 aromatic rings. The fraction of sp³-hybridized carbons (Fsp3) is 0.167. The molecule has 11 heavy (non-hydrogen) atoms. The van der Waals surface area contributed by atoms with E-state index in [9.17, 15) is 9.59 Å². The molecule has 2 amide bonds. The van der Waals surface area contributed by atoms with E-state index in [0.717, 1.165) is 0 Å². The lowest BCUT2D eigenvalue weighted by molar-refractivity contribution is -0.119. The van der Waals surface area contributed by atoms with Gasteiger partial charge in [-0.05, 0) is 0 Å². The molecule has 1 aliphatic heterocycles. The maximum Gasteiger partial charge on any atom is 0.278 e. The van der Waals surface area contributed by atoms with Crippen molar-refractivity contribution in [3.63, 3.8) is 0 Å². The van der Waals surface area contributed by atoms with Crippen molar-refractivity contribution in [1.82, 2.24) is 15.3 Å². The number of aromatic nitrogens is 2. The first-order valence-electron chi connectivity index (χ1n) is 3.14. The Balaban J connectivity index is 2.52. The van der Waals surface area contributed by atoms with Crippen molar-refractivity contribution < 1.29 is 9.59 Å². The molecule has 1 aromatic heterocycles. The standard InChI is InChI=1S/C6H5N3O2/c10-4-1-3-5(6(11)9-4)8-2-7-3/h2H,1H2,(H,7,8)(H,9,10,11). The van der Waals surface area contributed by atoms with Crippen LogP contribution in [0.25, 0.3) is 0 Å². The summed E-state index contributed by atoms with van der Waals surface area (Å²) in [6.07, 6.45) is 1.61. The summed E-state index contributed by atoms with van der Waals surface area (Å²) in [4.78, 5) is 28.2. The van der Waals surface area contributed by atoms with Gasteiger partial charge < -0.3 is 4.98 Å². The highest BCUT2D eigenvalue weighted by molar-refractivity contribution is 6.08. The number of nitrogens with one attached hydrogen (secondary N) is 2. The molecule has 0 bridgehead atoms. The molecule has 2 heterocycles. The Kier molecular flexibility index (Phi) is 1.06. The Morgan fingerprint density at radius 2 is 2.27 bits per heavy atom. The van der Waals surface area contributed by atoms with E-state index in [-0.39, 0.29) is 12.3 Å².